The lowest BCUT2D eigenvalue weighted by Crippen LogP contribution is -2.50. The molecule has 0 aliphatic heterocycles. The van der Waals surface area contributed by atoms with Gasteiger partial charge in [-0.25, -0.2) is 0 Å². The Labute approximate surface area is 105 Å². The third kappa shape index (κ3) is 5.50. The molecule has 4 heteroatoms. The molecule has 1 unspecified atom stereocenters. The molecule has 0 spiro atoms. The van der Waals surface area contributed by atoms with Gasteiger partial charge in [-0.05, 0) is 45.8 Å². The van der Waals surface area contributed by atoms with Gasteiger partial charge in [0.1, 0.15) is 5.54 Å². The predicted molar refractivity (Wildman–Crippen MR) is 71.3 cm³/mol. The molecular formula is C13H28N2O2. The number of aliphatic carboxylic acids is 1. The van der Waals surface area contributed by atoms with E-state index in [1.54, 1.807) is 7.05 Å². The molecule has 0 aliphatic rings. The number of rotatable bonds is 9. The minimum atomic E-state index is -0.751. The molecule has 2 N–H and O–H groups in total. The minimum absolute atomic E-state index is 0.618. The third-order valence-electron chi connectivity index (χ3n) is 3.31. The zero-order chi connectivity index (χ0) is 13.5. The second-order valence-corrected chi connectivity index (χ2v) is 5.25. The highest BCUT2D eigenvalue weighted by atomic mass is 16.4. The van der Waals surface area contributed by atoms with Crippen molar-refractivity contribution in [2.45, 2.75) is 45.6 Å². The Kier molecular flexibility index (Phi) is 7.39. The van der Waals surface area contributed by atoms with E-state index in [0.29, 0.717) is 18.8 Å². The number of carboxylic acids is 1. The van der Waals surface area contributed by atoms with Crippen LogP contribution in [-0.2, 0) is 4.79 Å². The fraction of sp³-hybridized carbons (Fsp3) is 0.923. The van der Waals surface area contributed by atoms with E-state index in [1.165, 1.54) is 0 Å². The Bertz CT molecular complexity index is 225. The summed E-state index contributed by atoms with van der Waals surface area (Å²) in [7, 11) is 3.82. The molecule has 0 radical (unpaired) electrons. The molecule has 0 aromatic heterocycles. The first-order valence-electron chi connectivity index (χ1n) is 6.48. The Balaban J connectivity index is 4.11. The summed E-state index contributed by atoms with van der Waals surface area (Å²) >= 11 is 0. The number of nitrogens with zero attached hydrogens (tertiary/aromatic N) is 1. The molecule has 0 aromatic rings. The summed E-state index contributed by atoms with van der Waals surface area (Å²) in [4.78, 5) is 13.5. The van der Waals surface area contributed by atoms with Gasteiger partial charge in [-0.1, -0.05) is 20.8 Å². The SMILES string of the molecule is CCC(CCCN(C)CC(C)C)(NC)C(=O)O. The standard InChI is InChI=1S/C13H28N2O2/c1-6-13(14-4,12(16)17)8-7-9-15(5)10-11(2)3/h11,14H,6-10H2,1-5H3,(H,16,17). The van der Waals surface area contributed by atoms with E-state index in [9.17, 15) is 9.90 Å². The lowest BCUT2D eigenvalue weighted by Gasteiger charge is -2.28. The van der Waals surface area contributed by atoms with Gasteiger partial charge >= 0.3 is 5.97 Å². The summed E-state index contributed by atoms with van der Waals surface area (Å²) in [6, 6.07) is 0. The van der Waals surface area contributed by atoms with Gasteiger partial charge in [-0.2, -0.15) is 0 Å². The summed E-state index contributed by atoms with van der Waals surface area (Å²) in [5.41, 5.74) is -0.751. The van der Waals surface area contributed by atoms with Crippen LogP contribution in [0.15, 0.2) is 0 Å². The van der Waals surface area contributed by atoms with Crippen LogP contribution in [0.4, 0.5) is 0 Å². The Morgan fingerprint density at radius 2 is 2.06 bits per heavy atom. The van der Waals surface area contributed by atoms with Crippen LogP contribution in [0.3, 0.4) is 0 Å². The van der Waals surface area contributed by atoms with Crippen LogP contribution in [0.25, 0.3) is 0 Å². The van der Waals surface area contributed by atoms with Crippen molar-refractivity contribution in [1.82, 2.24) is 10.2 Å². The number of carbonyl (C=O) groups is 1. The Hall–Kier alpha value is -0.610. The second-order valence-electron chi connectivity index (χ2n) is 5.25. The van der Waals surface area contributed by atoms with Crippen molar-refractivity contribution < 1.29 is 9.90 Å². The fourth-order valence-corrected chi connectivity index (χ4v) is 2.21. The number of likely N-dealkylation sites (N-methyl/N-ethyl adjacent to an activating group) is 1. The van der Waals surface area contributed by atoms with Gasteiger partial charge in [-0.3, -0.25) is 4.79 Å². The fourth-order valence-electron chi connectivity index (χ4n) is 2.21. The second kappa shape index (κ2) is 7.67. The maximum Gasteiger partial charge on any atom is 0.323 e. The van der Waals surface area contributed by atoms with Crippen LogP contribution < -0.4 is 5.32 Å². The quantitative estimate of drug-likeness (QED) is 0.649. The van der Waals surface area contributed by atoms with E-state index in [0.717, 1.165) is 19.5 Å². The van der Waals surface area contributed by atoms with Gasteiger partial charge in [0.15, 0.2) is 0 Å². The molecule has 4 nitrogen and oxygen atoms in total. The van der Waals surface area contributed by atoms with Crippen molar-refractivity contribution in [3.63, 3.8) is 0 Å². The molecule has 17 heavy (non-hydrogen) atoms. The maximum absolute atomic E-state index is 11.3. The highest BCUT2D eigenvalue weighted by Crippen LogP contribution is 2.17. The molecule has 0 aromatic carbocycles. The topological polar surface area (TPSA) is 52.6 Å². The first kappa shape index (κ1) is 16.4. The van der Waals surface area contributed by atoms with Crippen LogP contribution in [-0.4, -0.2) is 48.7 Å². The van der Waals surface area contributed by atoms with Crippen molar-refractivity contribution >= 4 is 5.97 Å². The Morgan fingerprint density at radius 3 is 2.41 bits per heavy atom. The number of hydrogen-bond acceptors (Lipinski definition) is 3. The minimum Gasteiger partial charge on any atom is -0.480 e. The van der Waals surface area contributed by atoms with Gasteiger partial charge < -0.3 is 15.3 Å². The van der Waals surface area contributed by atoms with Crippen molar-refractivity contribution in [3.05, 3.63) is 0 Å². The average Bonchev–Trinajstić information content (AvgIpc) is 2.23. The summed E-state index contributed by atoms with van der Waals surface area (Å²) in [6.07, 6.45) is 2.20. The van der Waals surface area contributed by atoms with Crippen molar-refractivity contribution in [3.8, 4) is 0 Å². The highest BCUT2D eigenvalue weighted by Gasteiger charge is 2.34. The molecule has 0 amide bonds. The van der Waals surface area contributed by atoms with Crippen LogP contribution in [0.2, 0.25) is 0 Å². The van der Waals surface area contributed by atoms with Crippen LogP contribution in [0.1, 0.15) is 40.0 Å². The smallest absolute Gasteiger partial charge is 0.323 e. The summed E-state index contributed by atoms with van der Waals surface area (Å²) in [5, 5.41) is 12.2. The van der Waals surface area contributed by atoms with Gasteiger partial charge in [0.05, 0.1) is 0 Å². The summed E-state index contributed by atoms with van der Waals surface area (Å²) in [5.74, 6) is -0.0891. The molecule has 0 bridgehead atoms. The third-order valence-corrected chi connectivity index (χ3v) is 3.31. The average molecular weight is 244 g/mol. The predicted octanol–water partition coefficient (Wildman–Crippen LogP) is 1.81. The molecule has 0 heterocycles. The Morgan fingerprint density at radius 1 is 1.47 bits per heavy atom. The molecule has 102 valence electrons. The van der Waals surface area contributed by atoms with Crippen molar-refractivity contribution in [1.29, 1.82) is 0 Å². The first-order valence-corrected chi connectivity index (χ1v) is 6.48. The lowest BCUT2D eigenvalue weighted by molar-refractivity contribution is -0.145. The first-order chi connectivity index (χ1) is 7.88. The molecule has 0 saturated carbocycles. The largest absolute Gasteiger partial charge is 0.480 e. The van der Waals surface area contributed by atoms with Gasteiger partial charge in [0.25, 0.3) is 0 Å². The number of carboxylic acid groups (broad SMARTS) is 1. The van der Waals surface area contributed by atoms with Crippen LogP contribution >= 0.6 is 0 Å². The van der Waals surface area contributed by atoms with Gasteiger partial charge in [-0.15, -0.1) is 0 Å². The van der Waals surface area contributed by atoms with Crippen LogP contribution in [0, 0.1) is 5.92 Å². The van der Waals surface area contributed by atoms with E-state index >= 15 is 0 Å². The van der Waals surface area contributed by atoms with E-state index in [2.05, 4.69) is 31.1 Å². The number of hydrogen-bond donors (Lipinski definition) is 2. The summed E-state index contributed by atoms with van der Waals surface area (Å²) in [6.45, 7) is 8.32. The molecule has 0 aliphatic carbocycles. The maximum atomic E-state index is 11.3. The van der Waals surface area contributed by atoms with E-state index < -0.39 is 11.5 Å². The highest BCUT2D eigenvalue weighted by molar-refractivity contribution is 5.78. The molecule has 0 rings (SSSR count). The zero-order valence-electron chi connectivity index (χ0n) is 11.9. The van der Waals surface area contributed by atoms with Crippen molar-refractivity contribution in [2.24, 2.45) is 5.92 Å². The van der Waals surface area contributed by atoms with Gasteiger partial charge in [0, 0.05) is 6.54 Å². The molecule has 1 atom stereocenters. The van der Waals surface area contributed by atoms with E-state index in [1.807, 2.05) is 6.92 Å². The van der Waals surface area contributed by atoms with Crippen molar-refractivity contribution in [2.75, 3.05) is 27.2 Å². The van der Waals surface area contributed by atoms with E-state index in [-0.39, 0.29) is 0 Å². The number of nitrogens with one attached hydrogen (secondary N) is 1. The van der Waals surface area contributed by atoms with E-state index in [4.69, 9.17) is 0 Å². The lowest BCUT2D eigenvalue weighted by atomic mass is 9.90. The monoisotopic (exact) mass is 244 g/mol. The summed E-state index contributed by atoms with van der Waals surface area (Å²) < 4.78 is 0. The molecule has 0 fully saturated rings. The normalized spacial score (nSPS) is 15.2. The van der Waals surface area contributed by atoms with Gasteiger partial charge in [0.2, 0.25) is 0 Å². The molecule has 0 saturated heterocycles. The van der Waals surface area contributed by atoms with Crippen LogP contribution in [0.5, 0.6) is 0 Å². The molecular weight excluding hydrogens is 216 g/mol. The zero-order valence-corrected chi connectivity index (χ0v) is 11.9.